The number of fused-ring (bicyclic) bond motifs is 1. The summed E-state index contributed by atoms with van der Waals surface area (Å²) >= 11 is 6.86. The van der Waals surface area contributed by atoms with Gasteiger partial charge < -0.3 is 9.52 Å². The number of aromatic hydroxyl groups is 1. The number of phenols is 1. The summed E-state index contributed by atoms with van der Waals surface area (Å²) in [7, 11) is 0. The largest absolute Gasteiger partial charge is 0.505 e. The average Bonchev–Trinajstić information content (AvgIpc) is 2.87. The second kappa shape index (κ2) is 5.27. The number of hydrogen-bond donors (Lipinski definition) is 1. The van der Waals surface area contributed by atoms with E-state index in [4.69, 9.17) is 4.42 Å². The summed E-state index contributed by atoms with van der Waals surface area (Å²) < 4.78 is 20.8. The molecule has 0 aliphatic carbocycles. The van der Waals surface area contributed by atoms with Gasteiger partial charge in [-0.15, -0.1) is 0 Å². The SMILES string of the molecule is C=Cc1c(Br)cc(Br)c2nc(-c3ccc(O)c(F)c3)oc12. The summed E-state index contributed by atoms with van der Waals surface area (Å²) in [4.78, 5) is 4.37. The average molecular weight is 413 g/mol. The van der Waals surface area contributed by atoms with Crippen LogP contribution >= 0.6 is 31.9 Å². The number of rotatable bonds is 2. The minimum atomic E-state index is -0.723. The van der Waals surface area contributed by atoms with Crippen molar-refractivity contribution in [2.45, 2.75) is 0 Å². The first-order chi connectivity index (χ1) is 10.0. The molecule has 0 radical (unpaired) electrons. The van der Waals surface area contributed by atoms with E-state index in [0.717, 1.165) is 14.5 Å². The molecule has 3 nitrogen and oxygen atoms in total. The number of aromatic nitrogens is 1. The number of hydrogen-bond acceptors (Lipinski definition) is 3. The molecule has 3 rings (SSSR count). The monoisotopic (exact) mass is 411 g/mol. The maximum Gasteiger partial charge on any atom is 0.227 e. The Bertz CT molecular complexity index is 874. The maximum absolute atomic E-state index is 13.5. The van der Waals surface area contributed by atoms with Crippen LogP contribution in [0, 0.1) is 5.82 Å². The Kier molecular flexibility index (Phi) is 3.59. The number of halogens is 3. The number of nitrogens with zero attached hydrogens (tertiary/aromatic N) is 1. The molecule has 0 atom stereocenters. The standard InChI is InChI=1S/C15H8Br2FNO2/c1-2-8-9(16)6-10(17)13-14(8)21-15(19-13)7-3-4-12(20)11(18)5-7/h2-6,20H,1H2. The smallest absolute Gasteiger partial charge is 0.227 e. The van der Waals surface area contributed by atoms with Gasteiger partial charge in [0.25, 0.3) is 0 Å². The van der Waals surface area contributed by atoms with Crippen molar-refractivity contribution in [1.82, 2.24) is 4.98 Å². The lowest BCUT2D eigenvalue weighted by Gasteiger charge is -2.00. The molecule has 6 heteroatoms. The van der Waals surface area contributed by atoms with Gasteiger partial charge in [0.2, 0.25) is 5.89 Å². The van der Waals surface area contributed by atoms with E-state index in [2.05, 4.69) is 43.4 Å². The highest BCUT2D eigenvalue weighted by atomic mass is 79.9. The van der Waals surface area contributed by atoms with Gasteiger partial charge in [-0.3, -0.25) is 0 Å². The van der Waals surface area contributed by atoms with Crippen molar-refractivity contribution < 1.29 is 13.9 Å². The molecule has 0 fully saturated rings. The highest BCUT2D eigenvalue weighted by Gasteiger charge is 2.16. The summed E-state index contributed by atoms with van der Waals surface area (Å²) in [6, 6.07) is 5.83. The van der Waals surface area contributed by atoms with Gasteiger partial charge in [-0.05, 0) is 56.1 Å². The van der Waals surface area contributed by atoms with Gasteiger partial charge >= 0.3 is 0 Å². The van der Waals surface area contributed by atoms with Crippen molar-refractivity contribution in [1.29, 1.82) is 0 Å². The Morgan fingerprint density at radius 1 is 1.24 bits per heavy atom. The summed E-state index contributed by atoms with van der Waals surface area (Å²) in [6.45, 7) is 3.75. The number of phenolic OH excluding ortho intramolecular Hbond substituents is 1. The van der Waals surface area contributed by atoms with Gasteiger partial charge in [-0.1, -0.05) is 12.7 Å². The fourth-order valence-corrected chi connectivity index (χ4v) is 3.36. The Morgan fingerprint density at radius 2 is 2.00 bits per heavy atom. The van der Waals surface area contributed by atoms with E-state index in [1.807, 2.05) is 6.07 Å². The number of oxazole rings is 1. The fraction of sp³-hybridized carbons (Fsp3) is 0. The van der Waals surface area contributed by atoms with Gasteiger partial charge in [0.05, 0.1) is 0 Å². The zero-order valence-corrected chi connectivity index (χ0v) is 13.7. The lowest BCUT2D eigenvalue weighted by atomic mass is 10.2. The van der Waals surface area contributed by atoms with Gasteiger partial charge in [0, 0.05) is 20.1 Å². The highest BCUT2D eigenvalue weighted by molar-refractivity contribution is 9.11. The number of benzene rings is 2. The van der Waals surface area contributed by atoms with Crippen LogP contribution in [-0.2, 0) is 0 Å². The van der Waals surface area contributed by atoms with Crippen LogP contribution in [0.15, 0.2) is 44.2 Å². The predicted octanol–water partition coefficient (Wildman–Crippen LogP) is 5.51. The van der Waals surface area contributed by atoms with Crippen molar-refractivity contribution in [3.63, 3.8) is 0 Å². The van der Waals surface area contributed by atoms with E-state index in [1.54, 1.807) is 12.1 Å². The first kappa shape index (κ1) is 14.3. The van der Waals surface area contributed by atoms with E-state index >= 15 is 0 Å². The van der Waals surface area contributed by atoms with E-state index < -0.39 is 11.6 Å². The van der Waals surface area contributed by atoms with E-state index in [9.17, 15) is 9.50 Å². The Balaban J connectivity index is 2.28. The summed E-state index contributed by atoms with van der Waals surface area (Å²) in [6.07, 6.45) is 1.66. The molecule has 0 spiro atoms. The molecule has 0 saturated carbocycles. The van der Waals surface area contributed by atoms with Crippen LogP contribution in [0.3, 0.4) is 0 Å². The molecule has 0 aliphatic heterocycles. The predicted molar refractivity (Wildman–Crippen MR) is 86.6 cm³/mol. The highest BCUT2D eigenvalue weighted by Crippen LogP contribution is 2.36. The summed E-state index contributed by atoms with van der Waals surface area (Å²) in [5, 5.41) is 9.24. The van der Waals surface area contributed by atoms with Crippen LogP contribution in [0.5, 0.6) is 5.75 Å². The summed E-state index contributed by atoms with van der Waals surface area (Å²) in [5.41, 5.74) is 2.39. The zero-order valence-electron chi connectivity index (χ0n) is 10.5. The molecular weight excluding hydrogens is 405 g/mol. The molecule has 1 aromatic heterocycles. The molecule has 0 unspecified atom stereocenters. The molecule has 1 heterocycles. The second-order valence-corrected chi connectivity index (χ2v) is 6.03. The maximum atomic E-state index is 13.5. The van der Waals surface area contributed by atoms with Crippen LogP contribution in [0.4, 0.5) is 4.39 Å². The van der Waals surface area contributed by atoms with Gasteiger partial charge in [0.15, 0.2) is 17.1 Å². The van der Waals surface area contributed by atoms with Crippen LogP contribution in [0.25, 0.3) is 28.6 Å². The summed E-state index contributed by atoms with van der Waals surface area (Å²) in [5.74, 6) is -0.865. The molecule has 106 valence electrons. The molecule has 21 heavy (non-hydrogen) atoms. The van der Waals surface area contributed by atoms with Crippen molar-refractivity contribution in [2.75, 3.05) is 0 Å². The second-order valence-electron chi connectivity index (χ2n) is 4.32. The molecular formula is C15H8Br2FNO2. The molecule has 0 bridgehead atoms. The Morgan fingerprint density at radius 3 is 2.67 bits per heavy atom. The molecule has 0 amide bonds. The third-order valence-corrected chi connectivity index (χ3v) is 4.27. The van der Waals surface area contributed by atoms with E-state index in [-0.39, 0.29) is 5.89 Å². The van der Waals surface area contributed by atoms with Gasteiger partial charge in [-0.25, -0.2) is 9.37 Å². The third kappa shape index (κ3) is 2.38. The van der Waals surface area contributed by atoms with E-state index in [0.29, 0.717) is 16.7 Å². The van der Waals surface area contributed by atoms with Crippen molar-refractivity contribution in [3.8, 4) is 17.2 Å². The van der Waals surface area contributed by atoms with Gasteiger partial charge in [-0.2, -0.15) is 0 Å². The van der Waals surface area contributed by atoms with Crippen molar-refractivity contribution in [3.05, 3.63) is 51.2 Å². The van der Waals surface area contributed by atoms with Crippen LogP contribution in [0.1, 0.15) is 5.56 Å². The molecule has 2 aromatic carbocycles. The lowest BCUT2D eigenvalue weighted by molar-refractivity contribution is 0.432. The first-order valence-corrected chi connectivity index (χ1v) is 7.49. The van der Waals surface area contributed by atoms with E-state index in [1.165, 1.54) is 12.1 Å². The lowest BCUT2D eigenvalue weighted by Crippen LogP contribution is -1.81. The molecule has 0 aliphatic rings. The van der Waals surface area contributed by atoms with Crippen molar-refractivity contribution >= 4 is 49.0 Å². The molecule has 1 N–H and O–H groups in total. The van der Waals surface area contributed by atoms with Gasteiger partial charge in [0.1, 0.15) is 5.52 Å². The Hall–Kier alpha value is -1.66. The first-order valence-electron chi connectivity index (χ1n) is 5.91. The fourth-order valence-electron chi connectivity index (χ4n) is 1.98. The van der Waals surface area contributed by atoms with Crippen LogP contribution in [-0.4, -0.2) is 10.1 Å². The third-order valence-electron chi connectivity index (χ3n) is 3.01. The topological polar surface area (TPSA) is 46.3 Å². The molecule has 0 saturated heterocycles. The van der Waals surface area contributed by atoms with Crippen LogP contribution < -0.4 is 0 Å². The van der Waals surface area contributed by atoms with Crippen molar-refractivity contribution in [2.24, 2.45) is 0 Å². The van der Waals surface area contributed by atoms with Crippen LogP contribution in [0.2, 0.25) is 0 Å². The minimum Gasteiger partial charge on any atom is -0.505 e. The molecule has 3 aromatic rings. The zero-order chi connectivity index (χ0) is 15.1. The Labute approximate surface area is 136 Å². The normalized spacial score (nSPS) is 11.0. The quantitative estimate of drug-likeness (QED) is 0.603. The minimum absolute atomic E-state index is 0.269.